The van der Waals surface area contributed by atoms with Gasteiger partial charge in [0.25, 0.3) is 0 Å². The van der Waals surface area contributed by atoms with Crippen LogP contribution in [0, 0.1) is 11.3 Å². The Labute approximate surface area is 223 Å². The minimum absolute atomic E-state index is 0.0481. The van der Waals surface area contributed by atoms with Crippen LogP contribution in [0.5, 0.6) is 0 Å². The molecule has 3 atom stereocenters. The zero-order valence-electron chi connectivity index (χ0n) is 22.1. The summed E-state index contributed by atoms with van der Waals surface area (Å²) in [6, 6.07) is 5.49. The van der Waals surface area contributed by atoms with Gasteiger partial charge in [0.05, 0.1) is 17.4 Å². The maximum Gasteiger partial charge on any atom is 0.244 e. The standard InChI is InChI=1S/C27H33N7O3S/c1-18-15-33(25(35)26(3)7-5-11-38(26,36)37)19(2)14-32(18)23-22-24(31-17-30-23)34(16-27(22)8-4-9-27)21-12-20(13-28)6-10-29-21/h6,10,12,17-19H,4-5,7-9,11,14-16H2,1-3H3/t18-,19+,26-/m0/s1. The van der Waals surface area contributed by atoms with Gasteiger partial charge in [-0.3, -0.25) is 4.79 Å². The van der Waals surface area contributed by atoms with Crippen molar-refractivity contribution >= 4 is 33.2 Å². The minimum Gasteiger partial charge on any atom is -0.350 e. The van der Waals surface area contributed by atoms with E-state index in [2.05, 4.69) is 27.8 Å². The zero-order valence-corrected chi connectivity index (χ0v) is 22.9. The summed E-state index contributed by atoms with van der Waals surface area (Å²) in [7, 11) is -3.46. The molecule has 10 nitrogen and oxygen atoms in total. The van der Waals surface area contributed by atoms with E-state index < -0.39 is 14.6 Å². The van der Waals surface area contributed by atoms with E-state index >= 15 is 0 Å². The number of hydrogen-bond acceptors (Lipinski definition) is 9. The molecule has 38 heavy (non-hydrogen) atoms. The fraction of sp³-hybridized carbons (Fsp3) is 0.593. The first kappa shape index (κ1) is 25.0. The van der Waals surface area contributed by atoms with Crippen molar-refractivity contribution in [3.8, 4) is 6.07 Å². The number of piperazine rings is 1. The lowest BCUT2D eigenvalue weighted by Crippen LogP contribution is -2.63. The normalized spacial score (nSPS) is 29.2. The summed E-state index contributed by atoms with van der Waals surface area (Å²) in [5, 5.41) is 9.41. The van der Waals surface area contributed by atoms with Crippen molar-refractivity contribution in [2.45, 2.75) is 75.1 Å². The predicted molar refractivity (Wildman–Crippen MR) is 143 cm³/mol. The van der Waals surface area contributed by atoms with Crippen LogP contribution < -0.4 is 9.80 Å². The molecule has 1 spiro atoms. The van der Waals surface area contributed by atoms with Crippen LogP contribution in [0.25, 0.3) is 0 Å². The van der Waals surface area contributed by atoms with Crippen molar-refractivity contribution in [1.82, 2.24) is 19.9 Å². The summed E-state index contributed by atoms with van der Waals surface area (Å²) in [5.41, 5.74) is 1.61. The monoisotopic (exact) mass is 535 g/mol. The molecule has 11 heteroatoms. The van der Waals surface area contributed by atoms with Gasteiger partial charge in [-0.05, 0) is 58.6 Å². The van der Waals surface area contributed by atoms with Gasteiger partial charge in [-0.1, -0.05) is 6.42 Å². The molecule has 5 heterocycles. The van der Waals surface area contributed by atoms with Crippen LogP contribution in [0.15, 0.2) is 24.7 Å². The first-order valence-electron chi connectivity index (χ1n) is 13.4. The van der Waals surface area contributed by atoms with Crippen molar-refractivity contribution in [2.75, 3.05) is 35.2 Å². The summed E-state index contributed by atoms with van der Waals surface area (Å²) in [4.78, 5) is 33.8. The molecule has 0 radical (unpaired) electrons. The average molecular weight is 536 g/mol. The molecule has 200 valence electrons. The first-order chi connectivity index (χ1) is 18.1. The lowest BCUT2D eigenvalue weighted by atomic mass is 9.66. The summed E-state index contributed by atoms with van der Waals surface area (Å²) < 4.78 is 24.2. The van der Waals surface area contributed by atoms with Crippen LogP contribution in [0.2, 0.25) is 0 Å². The average Bonchev–Trinajstić information content (AvgIpc) is 3.39. The molecule has 3 aliphatic heterocycles. The quantitative estimate of drug-likeness (QED) is 0.583. The molecular formula is C27H33N7O3S. The van der Waals surface area contributed by atoms with Crippen molar-refractivity contribution < 1.29 is 13.2 Å². The number of aromatic nitrogens is 3. The lowest BCUT2D eigenvalue weighted by molar-refractivity contribution is -0.136. The number of sulfone groups is 1. The number of hydrogen-bond donors (Lipinski definition) is 0. The number of fused-ring (bicyclic) bond motifs is 2. The van der Waals surface area contributed by atoms with Gasteiger partial charge >= 0.3 is 0 Å². The molecule has 1 amide bonds. The number of amides is 1. The van der Waals surface area contributed by atoms with Crippen molar-refractivity contribution in [3.05, 3.63) is 35.8 Å². The second-order valence-electron chi connectivity index (χ2n) is 11.6. The number of nitrogens with zero attached hydrogens (tertiary/aromatic N) is 7. The van der Waals surface area contributed by atoms with E-state index in [1.165, 1.54) is 0 Å². The third-order valence-electron chi connectivity index (χ3n) is 9.24. The highest BCUT2D eigenvalue weighted by atomic mass is 32.2. The molecule has 6 rings (SSSR count). The molecule has 2 aromatic heterocycles. The number of carbonyl (C=O) groups is 1. The Kier molecular flexibility index (Phi) is 5.69. The van der Waals surface area contributed by atoms with Crippen molar-refractivity contribution in [1.29, 1.82) is 5.26 Å². The molecule has 2 aromatic rings. The van der Waals surface area contributed by atoms with E-state index in [9.17, 15) is 18.5 Å². The molecular weight excluding hydrogens is 502 g/mol. The maximum atomic E-state index is 13.6. The third-order valence-corrected chi connectivity index (χ3v) is 11.8. The van der Waals surface area contributed by atoms with Crippen molar-refractivity contribution in [3.63, 3.8) is 0 Å². The molecule has 2 saturated heterocycles. The largest absolute Gasteiger partial charge is 0.350 e. The van der Waals surface area contributed by atoms with Gasteiger partial charge in [0, 0.05) is 48.9 Å². The van der Waals surface area contributed by atoms with E-state index in [4.69, 9.17) is 9.97 Å². The molecule has 0 N–H and O–H groups in total. The van der Waals surface area contributed by atoms with Gasteiger partial charge < -0.3 is 14.7 Å². The fourth-order valence-electron chi connectivity index (χ4n) is 6.79. The number of carbonyl (C=O) groups excluding carboxylic acids is 1. The highest BCUT2D eigenvalue weighted by Gasteiger charge is 2.54. The topological polar surface area (TPSA) is 123 Å². The second kappa shape index (κ2) is 8.63. The molecule has 4 aliphatic rings. The Morgan fingerprint density at radius 1 is 1.08 bits per heavy atom. The van der Waals surface area contributed by atoms with E-state index in [1.54, 1.807) is 36.5 Å². The highest BCUT2D eigenvalue weighted by molar-refractivity contribution is 7.93. The maximum absolute atomic E-state index is 13.6. The zero-order chi connectivity index (χ0) is 26.9. The number of anilines is 3. The number of nitriles is 1. The Hall–Kier alpha value is -3.26. The number of pyridine rings is 1. The van der Waals surface area contributed by atoms with Gasteiger partial charge in [-0.2, -0.15) is 5.26 Å². The van der Waals surface area contributed by atoms with Crippen LogP contribution in [0.3, 0.4) is 0 Å². The Morgan fingerprint density at radius 2 is 1.84 bits per heavy atom. The molecule has 0 unspecified atom stereocenters. The van der Waals surface area contributed by atoms with Crippen LogP contribution in [0.1, 0.15) is 64.0 Å². The van der Waals surface area contributed by atoms with E-state index in [1.807, 2.05) is 6.92 Å². The summed E-state index contributed by atoms with van der Waals surface area (Å²) >= 11 is 0. The summed E-state index contributed by atoms with van der Waals surface area (Å²) in [6.45, 7) is 7.41. The van der Waals surface area contributed by atoms with E-state index in [0.717, 1.165) is 43.0 Å². The van der Waals surface area contributed by atoms with Crippen molar-refractivity contribution in [2.24, 2.45) is 0 Å². The van der Waals surface area contributed by atoms with Gasteiger partial charge in [-0.25, -0.2) is 23.4 Å². The van der Waals surface area contributed by atoms with Crippen LogP contribution in [-0.2, 0) is 20.0 Å². The van der Waals surface area contributed by atoms with E-state index in [0.29, 0.717) is 37.3 Å². The Balaban J connectivity index is 1.34. The van der Waals surface area contributed by atoms with Gasteiger partial charge in [0.1, 0.15) is 28.5 Å². The van der Waals surface area contributed by atoms with Gasteiger partial charge in [0.15, 0.2) is 9.84 Å². The first-order valence-corrected chi connectivity index (χ1v) is 15.0. The highest BCUT2D eigenvalue weighted by Crippen LogP contribution is 2.56. The molecule has 3 fully saturated rings. The number of rotatable bonds is 3. The molecule has 0 bridgehead atoms. The summed E-state index contributed by atoms with van der Waals surface area (Å²) in [5.74, 6) is 2.24. The smallest absolute Gasteiger partial charge is 0.244 e. The van der Waals surface area contributed by atoms with Crippen LogP contribution in [0.4, 0.5) is 17.5 Å². The fourth-order valence-corrected chi connectivity index (χ4v) is 8.60. The third kappa shape index (κ3) is 3.52. The second-order valence-corrected chi connectivity index (χ2v) is 14.1. The molecule has 1 aliphatic carbocycles. The van der Waals surface area contributed by atoms with Crippen LogP contribution >= 0.6 is 0 Å². The Morgan fingerprint density at radius 3 is 2.50 bits per heavy atom. The predicted octanol–water partition coefficient (Wildman–Crippen LogP) is 2.71. The van der Waals surface area contributed by atoms with Crippen LogP contribution in [-0.4, -0.2) is 76.4 Å². The van der Waals surface area contributed by atoms with Gasteiger partial charge in [0.2, 0.25) is 5.91 Å². The Bertz CT molecular complexity index is 1450. The SMILES string of the molecule is C[C@@H]1CN(c2ncnc3c2C2(CCC2)CN3c2cc(C#N)ccn2)[C@@H](C)CN1C(=O)[C@]1(C)CCCS1(=O)=O. The summed E-state index contributed by atoms with van der Waals surface area (Å²) in [6.07, 6.45) is 7.37. The molecule has 1 saturated carbocycles. The lowest BCUT2D eigenvalue weighted by Gasteiger charge is -2.48. The molecule has 0 aromatic carbocycles. The van der Waals surface area contributed by atoms with E-state index in [-0.39, 0.29) is 29.2 Å². The van der Waals surface area contributed by atoms with Gasteiger partial charge in [-0.15, -0.1) is 0 Å². The minimum atomic E-state index is -3.46.